The molecule has 8 heteroatoms. The van der Waals surface area contributed by atoms with E-state index in [-0.39, 0.29) is 18.9 Å². The average molecular weight is 247 g/mol. The molecule has 0 spiro atoms. The second-order valence-corrected chi connectivity index (χ2v) is 3.57. The number of carbonyl (C=O) groups excluding carboxylic acids is 1. The van der Waals surface area contributed by atoms with Gasteiger partial charge in [-0.15, -0.1) is 0 Å². The predicted octanol–water partition coefficient (Wildman–Crippen LogP) is 1.48. The zero-order chi connectivity index (χ0) is 12.6. The number of nitrogens with one attached hydrogen (secondary N) is 1. The van der Waals surface area contributed by atoms with Crippen LogP contribution in [0.5, 0.6) is 0 Å². The maximum Gasteiger partial charge on any atom is 0.463 e. The molecular weight excluding hydrogens is 237 g/mol. The summed E-state index contributed by atoms with van der Waals surface area (Å²) in [6, 6.07) is -0.675. The smallest absolute Gasteiger partial charge is 0.381 e. The van der Waals surface area contributed by atoms with Gasteiger partial charge < -0.3 is 10.1 Å². The summed E-state index contributed by atoms with van der Waals surface area (Å²) in [5.41, 5.74) is 0. The van der Waals surface area contributed by atoms with E-state index in [1.54, 1.807) is 5.32 Å². The molecule has 0 aromatic carbocycles. The molecule has 0 heterocycles. The Labute approximate surface area is 87.9 Å². The summed E-state index contributed by atoms with van der Waals surface area (Å²) in [5.74, 6) is -7.65. The van der Waals surface area contributed by atoms with Crippen LogP contribution in [0.15, 0.2) is 0 Å². The van der Waals surface area contributed by atoms with Crippen LogP contribution in [-0.2, 0) is 9.53 Å². The maximum absolute atomic E-state index is 12.5. The van der Waals surface area contributed by atoms with Crippen molar-refractivity contribution in [3.63, 3.8) is 0 Å². The second-order valence-electron chi connectivity index (χ2n) is 3.57. The molecule has 1 amide bonds. The number of hydrogen-bond donors (Lipinski definition) is 1. The fraction of sp³-hybridized carbons (Fsp3) is 0.875. The summed E-state index contributed by atoms with van der Waals surface area (Å²) in [6.07, 6.45) is -5.56. The lowest BCUT2D eigenvalue weighted by Gasteiger charge is -2.35. The van der Waals surface area contributed by atoms with Crippen molar-refractivity contribution >= 4 is 5.91 Å². The number of methoxy groups -OCH3 is 1. The molecule has 1 aliphatic carbocycles. The molecule has 0 unspecified atom stereocenters. The van der Waals surface area contributed by atoms with E-state index in [4.69, 9.17) is 4.74 Å². The molecule has 94 valence electrons. The van der Waals surface area contributed by atoms with Gasteiger partial charge in [0.1, 0.15) is 0 Å². The van der Waals surface area contributed by atoms with Crippen LogP contribution in [-0.4, -0.2) is 37.3 Å². The minimum absolute atomic E-state index is 0.190. The fourth-order valence-electron chi connectivity index (χ4n) is 1.28. The fourth-order valence-corrected chi connectivity index (χ4v) is 1.28. The standard InChI is InChI=1S/C8H10F5NO2/c1-16-5-2-4(3-5)14-6(15)7(9,10)8(11,12)13/h4-5H,2-3H2,1H3,(H,14,15). The van der Waals surface area contributed by atoms with Crippen molar-refractivity contribution in [2.24, 2.45) is 0 Å². The molecular formula is C8H10F5NO2. The van der Waals surface area contributed by atoms with Crippen molar-refractivity contribution < 1.29 is 31.5 Å². The number of ether oxygens (including phenoxy) is 1. The van der Waals surface area contributed by atoms with Gasteiger partial charge >= 0.3 is 18.0 Å². The summed E-state index contributed by atoms with van der Waals surface area (Å²) in [4.78, 5) is 10.7. The Balaban J connectivity index is 2.48. The first-order chi connectivity index (χ1) is 7.18. The molecule has 3 nitrogen and oxygen atoms in total. The van der Waals surface area contributed by atoms with Crippen LogP contribution in [0, 0.1) is 0 Å². The maximum atomic E-state index is 12.5. The summed E-state index contributed by atoms with van der Waals surface area (Å²) in [6.45, 7) is 0. The second kappa shape index (κ2) is 4.15. The summed E-state index contributed by atoms with van der Waals surface area (Å²) in [7, 11) is 1.40. The lowest BCUT2D eigenvalue weighted by atomic mass is 9.89. The molecule has 0 radical (unpaired) electrons. The van der Waals surface area contributed by atoms with Gasteiger partial charge in [0.05, 0.1) is 6.10 Å². The predicted molar refractivity (Wildman–Crippen MR) is 43.0 cm³/mol. The monoisotopic (exact) mass is 247 g/mol. The van der Waals surface area contributed by atoms with E-state index in [0.29, 0.717) is 0 Å². The third-order valence-electron chi connectivity index (χ3n) is 2.40. The van der Waals surface area contributed by atoms with Crippen LogP contribution < -0.4 is 5.32 Å². The van der Waals surface area contributed by atoms with Crippen LogP contribution in [0.2, 0.25) is 0 Å². The lowest BCUT2D eigenvalue weighted by Crippen LogP contribution is -2.56. The Bertz CT molecular complexity index is 272. The van der Waals surface area contributed by atoms with Crippen LogP contribution >= 0.6 is 0 Å². The molecule has 0 atom stereocenters. The van der Waals surface area contributed by atoms with Crippen molar-refractivity contribution in [2.75, 3.05) is 7.11 Å². The van der Waals surface area contributed by atoms with E-state index in [1.807, 2.05) is 0 Å². The third kappa shape index (κ3) is 2.42. The third-order valence-corrected chi connectivity index (χ3v) is 2.40. The molecule has 1 rings (SSSR count). The molecule has 0 saturated heterocycles. The topological polar surface area (TPSA) is 38.3 Å². The van der Waals surface area contributed by atoms with Crippen molar-refractivity contribution in [1.29, 1.82) is 0 Å². The van der Waals surface area contributed by atoms with Crippen LogP contribution in [0.25, 0.3) is 0 Å². The highest BCUT2D eigenvalue weighted by Gasteiger charge is 2.63. The first-order valence-corrected chi connectivity index (χ1v) is 4.46. The first-order valence-electron chi connectivity index (χ1n) is 4.46. The lowest BCUT2D eigenvalue weighted by molar-refractivity contribution is -0.270. The Morgan fingerprint density at radius 3 is 2.12 bits per heavy atom. The van der Waals surface area contributed by atoms with Crippen molar-refractivity contribution in [3.8, 4) is 0 Å². The first kappa shape index (κ1) is 13.1. The van der Waals surface area contributed by atoms with Crippen LogP contribution in [0.1, 0.15) is 12.8 Å². The number of halogens is 5. The molecule has 1 N–H and O–H groups in total. The normalized spacial score (nSPS) is 26.1. The van der Waals surface area contributed by atoms with E-state index in [0.717, 1.165) is 0 Å². The largest absolute Gasteiger partial charge is 0.463 e. The van der Waals surface area contributed by atoms with Gasteiger partial charge in [0.25, 0.3) is 0 Å². The molecule has 0 bridgehead atoms. The van der Waals surface area contributed by atoms with Gasteiger partial charge in [-0.1, -0.05) is 0 Å². The quantitative estimate of drug-likeness (QED) is 0.767. The van der Waals surface area contributed by atoms with Gasteiger partial charge in [-0.3, -0.25) is 4.79 Å². The molecule has 1 aliphatic rings. The van der Waals surface area contributed by atoms with E-state index < -0.39 is 24.0 Å². The summed E-state index contributed by atoms with van der Waals surface area (Å²) >= 11 is 0. The Morgan fingerprint density at radius 1 is 1.25 bits per heavy atom. The van der Waals surface area contributed by atoms with E-state index in [1.165, 1.54) is 7.11 Å². The number of alkyl halides is 5. The summed E-state index contributed by atoms with van der Waals surface area (Å²) in [5, 5.41) is 1.64. The zero-order valence-corrected chi connectivity index (χ0v) is 8.28. The molecule has 0 aromatic rings. The number of hydrogen-bond acceptors (Lipinski definition) is 2. The van der Waals surface area contributed by atoms with Gasteiger partial charge in [-0.2, -0.15) is 22.0 Å². The number of amides is 1. The van der Waals surface area contributed by atoms with Gasteiger partial charge in [0.2, 0.25) is 0 Å². The van der Waals surface area contributed by atoms with Crippen LogP contribution in [0.4, 0.5) is 22.0 Å². The summed E-state index contributed by atoms with van der Waals surface area (Å²) < 4.78 is 65.0. The van der Waals surface area contributed by atoms with Gasteiger partial charge in [-0.25, -0.2) is 0 Å². The minimum atomic E-state index is -5.86. The highest BCUT2D eigenvalue weighted by atomic mass is 19.4. The highest BCUT2D eigenvalue weighted by molar-refractivity contribution is 5.84. The van der Waals surface area contributed by atoms with Gasteiger partial charge in [0.15, 0.2) is 0 Å². The Kier molecular flexibility index (Phi) is 3.41. The van der Waals surface area contributed by atoms with E-state index in [2.05, 4.69) is 0 Å². The SMILES string of the molecule is COC1CC(NC(=O)C(F)(F)C(F)(F)F)C1. The molecule has 1 fully saturated rings. The van der Waals surface area contributed by atoms with Crippen molar-refractivity contribution in [1.82, 2.24) is 5.32 Å². The van der Waals surface area contributed by atoms with Gasteiger partial charge in [-0.05, 0) is 12.8 Å². The van der Waals surface area contributed by atoms with Crippen LogP contribution in [0.3, 0.4) is 0 Å². The van der Waals surface area contributed by atoms with Crippen molar-refractivity contribution in [2.45, 2.75) is 37.1 Å². The molecule has 0 aliphatic heterocycles. The number of rotatable bonds is 3. The molecule has 16 heavy (non-hydrogen) atoms. The Morgan fingerprint density at radius 2 is 1.75 bits per heavy atom. The Hall–Kier alpha value is -0.920. The van der Waals surface area contributed by atoms with E-state index >= 15 is 0 Å². The average Bonchev–Trinajstić information content (AvgIpc) is 2.07. The van der Waals surface area contributed by atoms with E-state index in [9.17, 15) is 26.7 Å². The van der Waals surface area contributed by atoms with Crippen molar-refractivity contribution in [3.05, 3.63) is 0 Å². The zero-order valence-electron chi connectivity index (χ0n) is 8.28. The van der Waals surface area contributed by atoms with Gasteiger partial charge in [0, 0.05) is 13.2 Å². The minimum Gasteiger partial charge on any atom is -0.381 e. The molecule has 0 aromatic heterocycles. The highest BCUT2D eigenvalue weighted by Crippen LogP contribution is 2.36. The molecule has 1 saturated carbocycles. The number of carbonyl (C=O) groups is 1.